The van der Waals surface area contributed by atoms with Crippen LogP contribution in [0.25, 0.3) is 5.57 Å². The zero-order valence-corrected chi connectivity index (χ0v) is 17.1. The Kier molecular flexibility index (Phi) is 8.87. The standard InChI is InChI=1S/C14H15.C6H6N.2ClH.Ti/c1-3-12-8-4-5-9-14(12)13-10-6-7-11(13)2;7-6-4-2-1-3-5-6;;;/h3-9H,10H2,1-2H3;1-5,7H;2*1H;/q;-1;;;+1. The predicted molar refractivity (Wildman–Crippen MR) is 106 cm³/mol. The molecule has 24 heavy (non-hydrogen) atoms. The second-order valence-electron chi connectivity index (χ2n) is 5.71. The topological polar surface area (TPSA) is 12.0 Å². The van der Waals surface area contributed by atoms with Crippen LogP contribution in [0, 0.1) is 0 Å². The smallest absolute Gasteiger partial charge is 0.147 e. The molecule has 0 fully saturated rings. The van der Waals surface area contributed by atoms with E-state index in [2.05, 4.69) is 84.4 Å². The summed E-state index contributed by atoms with van der Waals surface area (Å²) in [5.74, 6) is 0. The van der Waals surface area contributed by atoms with Gasteiger partial charge in [0.15, 0.2) is 0 Å². The van der Waals surface area contributed by atoms with E-state index >= 15 is 0 Å². The second kappa shape index (κ2) is 10.1. The molecule has 1 unspecified atom stereocenters. The van der Waals surface area contributed by atoms with Gasteiger partial charge in [-0.15, -0.1) is 24.8 Å². The summed E-state index contributed by atoms with van der Waals surface area (Å²) in [5.41, 5.74) is 7.08. The molecular formula is C20H23Cl2NTi. The number of hydrogen-bond donors (Lipinski definition) is 1. The molecule has 0 saturated heterocycles. The minimum absolute atomic E-state index is 0. The molecule has 1 nitrogen and oxygen atoms in total. The molecule has 1 aliphatic rings. The van der Waals surface area contributed by atoms with Gasteiger partial charge in [-0.2, -0.15) is 0 Å². The van der Waals surface area contributed by atoms with Gasteiger partial charge >= 0.3 is 142 Å². The molecule has 0 amide bonds. The van der Waals surface area contributed by atoms with E-state index in [1.54, 1.807) is 0 Å². The van der Waals surface area contributed by atoms with Crippen molar-refractivity contribution in [3.63, 3.8) is 0 Å². The van der Waals surface area contributed by atoms with Gasteiger partial charge in [0.2, 0.25) is 0 Å². The minimum Gasteiger partial charge on any atom is -0.147 e. The Morgan fingerprint density at radius 1 is 0.958 bits per heavy atom. The Balaban J connectivity index is 0.00000144. The molecule has 1 N–H and O–H groups in total. The van der Waals surface area contributed by atoms with Crippen LogP contribution in [0.1, 0.15) is 35.6 Å². The Morgan fingerprint density at radius 2 is 1.62 bits per heavy atom. The monoisotopic (exact) mass is 395 g/mol. The Morgan fingerprint density at radius 3 is 2.29 bits per heavy atom. The van der Waals surface area contributed by atoms with Crippen LogP contribution in [0.3, 0.4) is 0 Å². The van der Waals surface area contributed by atoms with Gasteiger partial charge in [0.25, 0.3) is 0 Å². The van der Waals surface area contributed by atoms with Crippen molar-refractivity contribution in [3.8, 4) is 0 Å². The zero-order chi connectivity index (χ0) is 15.4. The second-order valence-corrected chi connectivity index (χ2v) is 7.91. The molecule has 3 rings (SSSR count). The number of nitrogens with one attached hydrogen (secondary N) is 1. The molecule has 2 aromatic rings. The Hall–Kier alpha value is -0.986. The number of halogens is 2. The largest absolute Gasteiger partial charge is 0.147 e. The Bertz CT molecular complexity index is 711. The molecule has 0 saturated carbocycles. The van der Waals surface area contributed by atoms with Gasteiger partial charge in [-0.25, -0.2) is 0 Å². The van der Waals surface area contributed by atoms with Gasteiger partial charge < -0.3 is 0 Å². The summed E-state index contributed by atoms with van der Waals surface area (Å²) in [6, 6.07) is 19.5. The van der Waals surface area contributed by atoms with E-state index in [1.807, 2.05) is 0 Å². The minimum atomic E-state index is -0.283. The first-order valence-electron chi connectivity index (χ1n) is 7.78. The number of benzene rings is 2. The third kappa shape index (κ3) is 5.00. The van der Waals surface area contributed by atoms with Crippen LogP contribution in [0.2, 0.25) is 0 Å². The number of rotatable bonds is 5. The average molecular weight is 396 g/mol. The Labute approximate surface area is 166 Å². The summed E-state index contributed by atoms with van der Waals surface area (Å²) in [4.78, 5) is 0. The van der Waals surface area contributed by atoms with E-state index < -0.39 is 0 Å². The molecule has 0 spiro atoms. The predicted octanol–water partition coefficient (Wildman–Crippen LogP) is 6.43. The molecule has 0 heterocycles. The third-order valence-corrected chi connectivity index (χ3v) is 5.96. The molecule has 1 aliphatic carbocycles. The maximum atomic E-state index is 3.67. The van der Waals surface area contributed by atoms with Crippen LogP contribution in [0.15, 0.2) is 72.3 Å². The number of allylic oxidation sites excluding steroid dienone is 4. The van der Waals surface area contributed by atoms with Gasteiger partial charge in [0.05, 0.1) is 0 Å². The average Bonchev–Trinajstić information content (AvgIpc) is 2.99. The van der Waals surface area contributed by atoms with Crippen LogP contribution in [0.4, 0.5) is 5.69 Å². The van der Waals surface area contributed by atoms with Crippen molar-refractivity contribution in [2.45, 2.75) is 24.5 Å². The van der Waals surface area contributed by atoms with Crippen LogP contribution in [-0.2, 0) is 19.4 Å². The maximum absolute atomic E-state index is 3.67. The fourth-order valence-electron chi connectivity index (χ4n) is 2.88. The zero-order valence-electron chi connectivity index (χ0n) is 14.0. The summed E-state index contributed by atoms with van der Waals surface area (Å²) in [6.45, 7) is 4.58. The molecule has 126 valence electrons. The van der Waals surface area contributed by atoms with Crippen molar-refractivity contribution in [2.24, 2.45) is 0 Å². The van der Waals surface area contributed by atoms with Gasteiger partial charge in [-0.05, 0) is 0 Å². The maximum Gasteiger partial charge on any atom is -0.147 e. The van der Waals surface area contributed by atoms with Crippen LogP contribution in [0.5, 0.6) is 0 Å². The van der Waals surface area contributed by atoms with Gasteiger partial charge in [0.1, 0.15) is 0 Å². The van der Waals surface area contributed by atoms with Crippen molar-refractivity contribution in [3.05, 3.63) is 83.4 Å². The van der Waals surface area contributed by atoms with Crippen molar-refractivity contribution in [1.82, 2.24) is 0 Å². The number of hydrogen-bond acceptors (Lipinski definition) is 1. The van der Waals surface area contributed by atoms with E-state index in [9.17, 15) is 0 Å². The molecule has 1 atom stereocenters. The summed E-state index contributed by atoms with van der Waals surface area (Å²) in [7, 11) is 0. The molecular weight excluding hydrogens is 373 g/mol. The van der Waals surface area contributed by atoms with Crippen molar-refractivity contribution < 1.29 is 19.4 Å². The molecule has 0 aromatic heterocycles. The van der Waals surface area contributed by atoms with Crippen LogP contribution >= 0.6 is 24.8 Å². The molecule has 0 bridgehead atoms. The van der Waals surface area contributed by atoms with E-state index in [0.717, 1.165) is 6.42 Å². The number of para-hydroxylation sites is 1. The van der Waals surface area contributed by atoms with Crippen LogP contribution in [-0.4, -0.2) is 0 Å². The summed E-state index contributed by atoms with van der Waals surface area (Å²) >= 11 is -0.283. The first-order valence-corrected chi connectivity index (χ1v) is 9.46. The first kappa shape index (κ1) is 21.1. The molecule has 2 aromatic carbocycles. The first-order chi connectivity index (χ1) is 10.8. The quantitative estimate of drug-likeness (QED) is 0.574. The SMILES string of the molecule is CC1=C(c2ccccc2[CH](C)[Ti][NH]c2ccccc2)CC=C1.Cl.Cl. The fourth-order valence-corrected chi connectivity index (χ4v) is 4.37. The summed E-state index contributed by atoms with van der Waals surface area (Å²) in [5, 5.41) is 0. The summed E-state index contributed by atoms with van der Waals surface area (Å²) < 4.78 is 4.26. The van der Waals surface area contributed by atoms with Gasteiger partial charge in [0, 0.05) is 0 Å². The molecule has 0 radical (unpaired) electrons. The van der Waals surface area contributed by atoms with Crippen molar-refractivity contribution in [2.75, 3.05) is 3.80 Å². The fraction of sp³-hybridized carbons (Fsp3) is 0.200. The van der Waals surface area contributed by atoms with E-state index in [1.165, 1.54) is 28.0 Å². The van der Waals surface area contributed by atoms with E-state index in [0.29, 0.717) is 4.22 Å². The summed E-state index contributed by atoms with van der Waals surface area (Å²) in [6.07, 6.45) is 5.58. The normalized spacial score (nSPS) is 13.8. The van der Waals surface area contributed by atoms with Crippen molar-refractivity contribution in [1.29, 1.82) is 0 Å². The third-order valence-electron chi connectivity index (χ3n) is 4.13. The van der Waals surface area contributed by atoms with Gasteiger partial charge in [-0.3, -0.25) is 0 Å². The molecule has 4 heteroatoms. The van der Waals surface area contributed by atoms with Crippen LogP contribution < -0.4 is 3.80 Å². The van der Waals surface area contributed by atoms with E-state index in [-0.39, 0.29) is 44.2 Å². The molecule has 0 aliphatic heterocycles. The van der Waals surface area contributed by atoms with E-state index in [4.69, 9.17) is 0 Å². The number of anilines is 1. The van der Waals surface area contributed by atoms with Crippen molar-refractivity contribution >= 4 is 36.1 Å². The van der Waals surface area contributed by atoms with Gasteiger partial charge in [-0.1, -0.05) is 0 Å².